The van der Waals surface area contributed by atoms with Gasteiger partial charge in [-0.25, -0.2) is 22.7 Å². The van der Waals surface area contributed by atoms with Crippen LogP contribution in [0.1, 0.15) is 0 Å². The van der Waals surface area contributed by atoms with Crippen molar-refractivity contribution in [3.63, 3.8) is 0 Å². The average Bonchev–Trinajstić information content (AvgIpc) is 3.11. The van der Waals surface area contributed by atoms with Crippen molar-refractivity contribution in [3.8, 4) is 41.0 Å². The van der Waals surface area contributed by atoms with Gasteiger partial charge in [-0.05, 0) is 24.3 Å². The van der Waals surface area contributed by atoms with Gasteiger partial charge in [0.05, 0.1) is 5.69 Å². The lowest BCUT2D eigenvalue weighted by Crippen LogP contribution is -2.15. The summed E-state index contributed by atoms with van der Waals surface area (Å²) in [6.45, 7) is -0.175. The standard InChI is InChI=1S/C19H10F3N5O2/c1-2-7-29-19-25-18(28)17-24-15(13-5-3-4-6-23-13)16(27(17)26-19)10-8-11(20)14(22)12(21)9-10/h1,3-6,8-9H,7H2,(H,25,26,28). The van der Waals surface area contributed by atoms with E-state index in [9.17, 15) is 18.0 Å². The molecule has 10 heteroatoms. The Morgan fingerprint density at radius 2 is 1.97 bits per heavy atom. The molecule has 0 aliphatic heterocycles. The molecule has 0 aliphatic rings. The van der Waals surface area contributed by atoms with E-state index in [2.05, 4.69) is 26.0 Å². The number of rotatable bonds is 4. The Labute approximate surface area is 160 Å². The van der Waals surface area contributed by atoms with Crippen molar-refractivity contribution in [2.45, 2.75) is 0 Å². The first-order valence-electron chi connectivity index (χ1n) is 8.15. The highest BCUT2D eigenvalue weighted by atomic mass is 19.2. The zero-order valence-electron chi connectivity index (χ0n) is 14.5. The molecule has 1 N–H and O–H groups in total. The lowest BCUT2D eigenvalue weighted by atomic mass is 10.1. The number of H-pyrrole nitrogens is 1. The van der Waals surface area contributed by atoms with Crippen LogP contribution in [0.2, 0.25) is 0 Å². The van der Waals surface area contributed by atoms with Gasteiger partial charge in [0.1, 0.15) is 11.4 Å². The smallest absolute Gasteiger partial charge is 0.315 e. The van der Waals surface area contributed by atoms with E-state index in [1.54, 1.807) is 18.2 Å². The quantitative estimate of drug-likeness (QED) is 0.423. The van der Waals surface area contributed by atoms with Crippen molar-refractivity contribution in [1.29, 1.82) is 0 Å². The number of nitrogens with zero attached hydrogens (tertiary/aromatic N) is 4. The van der Waals surface area contributed by atoms with Gasteiger partial charge in [-0.2, -0.15) is 0 Å². The predicted octanol–water partition coefficient (Wildman–Crippen LogP) is 2.58. The third-order valence-electron chi connectivity index (χ3n) is 3.93. The van der Waals surface area contributed by atoms with Gasteiger partial charge in [0.25, 0.3) is 5.56 Å². The third-order valence-corrected chi connectivity index (χ3v) is 3.93. The first kappa shape index (κ1) is 18.2. The summed E-state index contributed by atoms with van der Waals surface area (Å²) in [5.41, 5.74) is -0.521. The highest BCUT2D eigenvalue weighted by Crippen LogP contribution is 2.32. The summed E-state index contributed by atoms with van der Waals surface area (Å²) < 4.78 is 47.4. The van der Waals surface area contributed by atoms with E-state index in [-0.39, 0.29) is 35.2 Å². The Kier molecular flexibility index (Phi) is 4.48. The summed E-state index contributed by atoms with van der Waals surface area (Å²) in [6, 6.07) is 6.24. The second-order valence-electron chi connectivity index (χ2n) is 5.77. The van der Waals surface area contributed by atoms with Crippen molar-refractivity contribution >= 4 is 5.65 Å². The average molecular weight is 397 g/mol. The van der Waals surface area contributed by atoms with Crippen LogP contribution in [0.15, 0.2) is 41.3 Å². The van der Waals surface area contributed by atoms with Crippen LogP contribution in [0.5, 0.6) is 6.01 Å². The molecule has 4 aromatic rings. The molecule has 0 unspecified atom stereocenters. The number of terminal acetylenes is 1. The number of hydrogen-bond donors (Lipinski definition) is 1. The van der Waals surface area contributed by atoms with Gasteiger partial charge >= 0.3 is 6.01 Å². The summed E-state index contributed by atoms with van der Waals surface area (Å²) >= 11 is 0. The molecule has 0 spiro atoms. The topological polar surface area (TPSA) is 85.2 Å². The molecule has 0 aliphatic carbocycles. The van der Waals surface area contributed by atoms with E-state index >= 15 is 0 Å². The van der Waals surface area contributed by atoms with Crippen LogP contribution in [-0.4, -0.2) is 31.2 Å². The molecule has 29 heavy (non-hydrogen) atoms. The van der Waals surface area contributed by atoms with Crippen LogP contribution in [-0.2, 0) is 0 Å². The van der Waals surface area contributed by atoms with E-state index in [1.165, 1.54) is 6.20 Å². The minimum absolute atomic E-state index is 0.0214. The summed E-state index contributed by atoms with van der Waals surface area (Å²) in [5.74, 6) is -2.21. The molecule has 144 valence electrons. The van der Waals surface area contributed by atoms with E-state index in [4.69, 9.17) is 11.2 Å². The predicted molar refractivity (Wildman–Crippen MR) is 96.5 cm³/mol. The number of hydrogen-bond acceptors (Lipinski definition) is 5. The molecule has 0 saturated heterocycles. The molecule has 0 bridgehead atoms. The molecule has 0 fully saturated rings. The highest BCUT2D eigenvalue weighted by Gasteiger charge is 2.23. The van der Waals surface area contributed by atoms with E-state index in [1.807, 2.05) is 0 Å². The number of imidazole rings is 1. The van der Waals surface area contributed by atoms with E-state index in [0.29, 0.717) is 5.69 Å². The van der Waals surface area contributed by atoms with Crippen LogP contribution in [0.3, 0.4) is 0 Å². The maximum Gasteiger partial charge on any atom is 0.315 e. The first-order valence-corrected chi connectivity index (χ1v) is 8.15. The van der Waals surface area contributed by atoms with Crippen LogP contribution < -0.4 is 10.3 Å². The molecular weight excluding hydrogens is 387 g/mol. The number of ether oxygens (including phenoxy) is 1. The molecular formula is C19H10F3N5O2. The Morgan fingerprint density at radius 3 is 2.62 bits per heavy atom. The maximum atomic E-state index is 13.9. The Hall–Kier alpha value is -4.13. The summed E-state index contributed by atoms with van der Waals surface area (Å²) in [4.78, 5) is 23.2. The number of benzene rings is 1. The van der Waals surface area contributed by atoms with Crippen LogP contribution in [0, 0.1) is 29.8 Å². The lowest BCUT2D eigenvalue weighted by molar-refractivity contribution is 0.331. The Balaban J connectivity index is 2.07. The van der Waals surface area contributed by atoms with Gasteiger partial charge in [-0.3, -0.25) is 14.8 Å². The van der Waals surface area contributed by atoms with Gasteiger partial charge < -0.3 is 4.74 Å². The normalized spacial score (nSPS) is 10.8. The largest absolute Gasteiger partial charge is 0.451 e. The van der Waals surface area contributed by atoms with Crippen molar-refractivity contribution in [1.82, 2.24) is 24.6 Å². The monoisotopic (exact) mass is 397 g/mol. The highest BCUT2D eigenvalue weighted by molar-refractivity contribution is 5.80. The first-order chi connectivity index (χ1) is 14.0. The van der Waals surface area contributed by atoms with Crippen molar-refractivity contribution in [2.75, 3.05) is 6.61 Å². The van der Waals surface area contributed by atoms with Crippen LogP contribution in [0.4, 0.5) is 13.2 Å². The molecule has 3 aromatic heterocycles. The van der Waals surface area contributed by atoms with Gasteiger partial charge in [0.15, 0.2) is 24.1 Å². The third kappa shape index (κ3) is 3.19. The molecule has 3 heterocycles. The number of halogens is 3. The van der Waals surface area contributed by atoms with Gasteiger partial charge in [-0.15, -0.1) is 11.5 Å². The molecule has 7 nitrogen and oxygen atoms in total. The van der Waals surface area contributed by atoms with E-state index < -0.39 is 23.0 Å². The van der Waals surface area contributed by atoms with Gasteiger partial charge in [-0.1, -0.05) is 12.0 Å². The Morgan fingerprint density at radius 1 is 1.21 bits per heavy atom. The number of aromatic nitrogens is 5. The minimum atomic E-state index is -1.62. The Bertz CT molecular complexity index is 1300. The maximum absolute atomic E-state index is 13.9. The minimum Gasteiger partial charge on any atom is -0.451 e. The molecule has 4 rings (SSSR count). The number of aromatic amines is 1. The summed E-state index contributed by atoms with van der Waals surface area (Å²) in [5, 5.41) is 4.09. The molecule has 0 radical (unpaired) electrons. The fourth-order valence-corrected chi connectivity index (χ4v) is 2.73. The summed E-state index contributed by atoms with van der Waals surface area (Å²) in [7, 11) is 0. The number of pyridine rings is 1. The molecule has 0 saturated carbocycles. The fourth-order valence-electron chi connectivity index (χ4n) is 2.73. The molecule has 0 amide bonds. The number of fused-ring (bicyclic) bond motifs is 1. The molecule has 1 aromatic carbocycles. The second kappa shape index (κ2) is 7.12. The van der Waals surface area contributed by atoms with Gasteiger partial charge in [0.2, 0.25) is 5.65 Å². The van der Waals surface area contributed by atoms with Gasteiger partial charge in [0, 0.05) is 11.8 Å². The van der Waals surface area contributed by atoms with Crippen molar-refractivity contribution in [3.05, 3.63) is 64.3 Å². The summed E-state index contributed by atoms with van der Waals surface area (Å²) in [6.07, 6.45) is 6.61. The van der Waals surface area contributed by atoms with Crippen LogP contribution in [0.25, 0.3) is 28.3 Å². The SMILES string of the molecule is C#CCOc1nn2c(-c3cc(F)c(F)c(F)c3)c(-c3ccccn3)nc2c(=O)[nH]1. The van der Waals surface area contributed by atoms with Crippen molar-refractivity contribution < 1.29 is 17.9 Å². The number of nitrogens with one attached hydrogen (secondary N) is 1. The van der Waals surface area contributed by atoms with E-state index in [0.717, 1.165) is 16.6 Å². The zero-order valence-corrected chi connectivity index (χ0v) is 14.5. The fraction of sp³-hybridized carbons (Fsp3) is 0.0526. The molecule has 0 atom stereocenters. The van der Waals surface area contributed by atoms with Crippen LogP contribution >= 0.6 is 0 Å². The second-order valence-corrected chi connectivity index (χ2v) is 5.77. The van der Waals surface area contributed by atoms with Crippen molar-refractivity contribution in [2.24, 2.45) is 0 Å². The lowest BCUT2D eigenvalue weighted by Gasteiger charge is -2.07. The zero-order chi connectivity index (χ0) is 20.5.